The fraction of sp³-hybridized carbons (Fsp3) is 0.391. The third-order valence-corrected chi connectivity index (χ3v) is 8.73. The SMILES string of the molecule is CN1c2ccccc2C(C)(C)[C@]12C=C(c1cccc(S(=O)(=O)N3CCCC3)c1)NO2. The number of benzene rings is 2. The predicted octanol–water partition coefficient (Wildman–Crippen LogP) is 3.47. The summed E-state index contributed by atoms with van der Waals surface area (Å²) in [6.07, 6.45) is 3.92. The zero-order valence-electron chi connectivity index (χ0n) is 17.6. The van der Waals surface area contributed by atoms with Crippen LogP contribution in [0.25, 0.3) is 5.70 Å². The second kappa shape index (κ2) is 6.57. The average Bonchev–Trinajstić information content (AvgIpc) is 3.47. The number of likely N-dealkylation sites (N-methyl/N-ethyl adjacent to an activating group) is 1. The normalized spacial score (nSPS) is 25.4. The lowest BCUT2D eigenvalue weighted by molar-refractivity contribution is -0.0678. The van der Waals surface area contributed by atoms with Crippen LogP contribution in [0.4, 0.5) is 5.69 Å². The Morgan fingerprint density at radius 1 is 1.03 bits per heavy atom. The lowest BCUT2D eigenvalue weighted by atomic mass is 9.77. The third-order valence-electron chi connectivity index (χ3n) is 6.84. The van der Waals surface area contributed by atoms with Crippen molar-refractivity contribution in [3.05, 3.63) is 65.7 Å². The lowest BCUT2D eigenvalue weighted by Crippen LogP contribution is -2.54. The minimum Gasteiger partial charge on any atom is -0.340 e. The second-order valence-corrected chi connectivity index (χ2v) is 10.7. The number of hydroxylamine groups is 1. The molecule has 0 aromatic heterocycles. The van der Waals surface area contributed by atoms with E-state index in [-0.39, 0.29) is 5.41 Å². The van der Waals surface area contributed by atoms with E-state index in [1.165, 1.54) is 5.56 Å². The summed E-state index contributed by atoms with van der Waals surface area (Å²) in [5.41, 5.74) is 6.02. The van der Waals surface area contributed by atoms with Crippen LogP contribution in [0.2, 0.25) is 0 Å². The van der Waals surface area contributed by atoms with Gasteiger partial charge in [0, 0.05) is 36.8 Å². The number of nitrogens with one attached hydrogen (secondary N) is 1. The van der Waals surface area contributed by atoms with Crippen LogP contribution in [-0.2, 0) is 20.3 Å². The van der Waals surface area contributed by atoms with Crippen LogP contribution in [0.15, 0.2) is 59.5 Å². The quantitative estimate of drug-likeness (QED) is 0.816. The Bertz CT molecular complexity index is 1140. The van der Waals surface area contributed by atoms with Gasteiger partial charge in [-0.05, 0) is 42.7 Å². The Morgan fingerprint density at radius 2 is 1.77 bits per heavy atom. The molecule has 30 heavy (non-hydrogen) atoms. The Balaban J connectivity index is 1.54. The molecule has 1 atom stereocenters. The molecule has 5 rings (SSSR count). The highest BCUT2D eigenvalue weighted by Gasteiger charge is 2.58. The summed E-state index contributed by atoms with van der Waals surface area (Å²) in [4.78, 5) is 8.70. The van der Waals surface area contributed by atoms with Crippen molar-refractivity contribution >= 4 is 21.4 Å². The van der Waals surface area contributed by atoms with Crippen LogP contribution < -0.4 is 10.4 Å². The maximum Gasteiger partial charge on any atom is 0.243 e. The second-order valence-electron chi connectivity index (χ2n) is 8.80. The topological polar surface area (TPSA) is 61.9 Å². The molecule has 1 fully saturated rings. The van der Waals surface area contributed by atoms with Gasteiger partial charge in [-0.25, -0.2) is 13.3 Å². The third kappa shape index (κ3) is 2.58. The summed E-state index contributed by atoms with van der Waals surface area (Å²) in [7, 11) is -1.44. The van der Waals surface area contributed by atoms with E-state index >= 15 is 0 Å². The van der Waals surface area contributed by atoms with E-state index in [1.807, 2.05) is 25.2 Å². The molecule has 3 aliphatic rings. The molecule has 0 saturated carbocycles. The van der Waals surface area contributed by atoms with Gasteiger partial charge in [-0.2, -0.15) is 4.31 Å². The number of para-hydroxylation sites is 1. The average molecular weight is 426 g/mol. The van der Waals surface area contributed by atoms with Crippen molar-refractivity contribution in [2.24, 2.45) is 0 Å². The molecule has 2 aromatic rings. The highest BCUT2D eigenvalue weighted by Crippen LogP contribution is 2.54. The Kier molecular flexibility index (Phi) is 4.29. The summed E-state index contributed by atoms with van der Waals surface area (Å²) < 4.78 is 27.6. The maximum absolute atomic E-state index is 13.0. The summed E-state index contributed by atoms with van der Waals surface area (Å²) in [5, 5.41) is 0. The van der Waals surface area contributed by atoms with Crippen molar-refractivity contribution < 1.29 is 13.3 Å². The number of sulfonamides is 1. The zero-order chi connectivity index (χ0) is 21.1. The molecule has 0 bridgehead atoms. The van der Waals surface area contributed by atoms with Crippen LogP contribution in [0.5, 0.6) is 0 Å². The molecule has 158 valence electrons. The van der Waals surface area contributed by atoms with E-state index in [1.54, 1.807) is 22.5 Å². The maximum atomic E-state index is 13.0. The predicted molar refractivity (Wildman–Crippen MR) is 117 cm³/mol. The van der Waals surface area contributed by atoms with Gasteiger partial charge in [-0.15, -0.1) is 0 Å². The number of fused-ring (bicyclic) bond motifs is 1. The molecule has 0 unspecified atom stereocenters. The van der Waals surface area contributed by atoms with Gasteiger partial charge in [0.15, 0.2) is 5.72 Å². The van der Waals surface area contributed by atoms with Gasteiger partial charge < -0.3 is 4.90 Å². The molecule has 2 aromatic carbocycles. The fourth-order valence-electron chi connectivity index (χ4n) is 4.99. The van der Waals surface area contributed by atoms with Crippen LogP contribution in [-0.4, -0.2) is 38.6 Å². The van der Waals surface area contributed by atoms with Crippen LogP contribution in [0.1, 0.15) is 37.8 Å². The van der Waals surface area contributed by atoms with E-state index in [9.17, 15) is 8.42 Å². The van der Waals surface area contributed by atoms with Crippen molar-refractivity contribution in [1.29, 1.82) is 0 Å². The fourth-order valence-corrected chi connectivity index (χ4v) is 6.55. The van der Waals surface area contributed by atoms with E-state index in [2.05, 4.69) is 42.4 Å². The first-order chi connectivity index (χ1) is 14.3. The van der Waals surface area contributed by atoms with Gasteiger partial charge in [-0.3, -0.25) is 5.48 Å². The first-order valence-electron chi connectivity index (χ1n) is 10.4. The summed E-state index contributed by atoms with van der Waals surface area (Å²) in [6, 6.07) is 15.4. The molecular formula is C23H27N3O3S. The van der Waals surface area contributed by atoms with Gasteiger partial charge in [-0.1, -0.05) is 44.2 Å². The van der Waals surface area contributed by atoms with E-state index in [4.69, 9.17) is 4.84 Å². The lowest BCUT2D eigenvalue weighted by Gasteiger charge is -2.39. The molecule has 0 aliphatic carbocycles. The first kappa shape index (κ1) is 19.6. The molecule has 0 radical (unpaired) electrons. The zero-order valence-corrected chi connectivity index (χ0v) is 18.4. The largest absolute Gasteiger partial charge is 0.340 e. The highest BCUT2D eigenvalue weighted by atomic mass is 32.2. The van der Waals surface area contributed by atoms with Gasteiger partial charge >= 0.3 is 0 Å². The summed E-state index contributed by atoms with van der Waals surface area (Å²) in [6.45, 7) is 5.53. The molecule has 7 heteroatoms. The molecule has 6 nitrogen and oxygen atoms in total. The van der Waals surface area contributed by atoms with E-state index in [0.29, 0.717) is 18.0 Å². The number of anilines is 1. The van der Waals surface area contributed by atoms with Gasteiger partial charge in [0.2, 0.25) is 10.0 Å². The van der Waals surface area contributed by atoms with Crippen molar-refractivity contribution in [2.75, 3.05) is 25.0 Å². The number of hydrogen-bond donors (Lipinski definition) is 1. The van der Waals surface area contributed by atoms with Crippen molar-refractivity contribution in [2.45, 2.75) is 42.7 Å². The van der Waals surface area contributed by atoms with Crippen molar-refractivity contribution in [1.82, 2.24) is 9.79 Å². The molecule has 3 heterocycles. The molecular weight excluding hydrogens is 398 g/mol. The summed E-state index contributed by atoms with van der Waals surface area (Å²) >= 11 is 0. The standard InChI is InChI=1S/C23H27N3O3S/c1-22(2)19-11-4-5-12-21(19)25(3)23(22)16-20(24-29-23)17-9-8-10-18(15-17)30(27,28)26-13-6-7-14-26/h4-5,8-12,15-16,24H,6-7,13-14H2,1-3H3/t23-/m1/s1. The van der Waals surface area contributed by atoms with E-state index < -0.39 is 15.7 Å². The molecule has 1 saturated heterocycles. The Labute approximate surface area is 178 Å². The smallest absolute Gasteiger partial charge is 0.243 e. The Morgan fingerprint density at radius 3 is 2.50 bits per heavy atom. The minimum absolute atomic E-state index is 0.299. The van der Waals surface area contributed by atoms with Crippen LogP contribution >= 0.6 is 0 Å². The molecule has 0 amide bonds. The number of rotatable bonds is 3. The van der Waals surface area contributed by atoms with Crippen molar-refractivity contribution in [3.8, 4) is 0 Å². The van der Waals surface area contributed by atoms with Gasteiger partial charge in [0.25, 0.3) is 0 Å². The van der Waals surface area contributed by atoms with Gasteiger partial charge in [0.1, 0.15) is 0 Å². The molecule has 3 aliphatic heterocycles. The first-order valence-corrected chi connectivity index (χ1v) is 11.8. The molecule has 1 N–H and O–H groups in total. The summed E-state index contributed by atoms with van der Waals surface area (Å²) in [5.74, 6) is 0. The highest BCUT2D eigenvalue weighted by molar-refractivity contribution is 7.89. The number of nitrogens with zero attached hydrogens (tertiary/aromatic N) is 2. The van der Waals surface area contributed by atoms with Crippen LogP contribution in [0, 0.1) is 0 Å². The molecule has 1 spiro atoms. The van der Waals surface area contributed by atoms with Crippen LogP contribution in [0.3, 0.4) is 0 Å². The Hall–Kier alpha value is -2.35. The van der Waals surface area contributed by atoms with Crippen molar-refractivity contribution in [3.63, 3.8) is 0 Å². The minimum atomic E-state index is -3.47. The number of hydrogen-bond acceptors (Lipinski definition) is 5. The monoisotopic (exact) mass is 425 g/mol. The van der Waals surface area contributed by atoms with Gasteiger partial charge in [0.05, 0.1) is 10.6 Å². The van der Waals surface area contributed by atoms with E-state index in [0.717, 1.165) is 29.8 Å².